The lowest BCUT2D eigenvalue weighted by Gasteiger charge is -2.17. The van der Waals surface area contributed by atoms with E-state index in [2.05, 4.69) is 5.32 Å². The van der Waals surface area contributed by atoms with Crippen molar-refractivity contribution in [3.8, 4) is 0 Å². The second-order valence-corrected chi connectivity index (χ2v) is 6.53. The van der Waals surface area contributed by atoms with Crippen LogP contribution in [-0.2, 0) is 10.0 Å². The van der Waals surface area contributed by atoms with Gasteiger partial charge in [-0.25, -0.2) is 13.6 Å². The molecule has 0 spiro atoms. The minimum atomic E-state index is -3.81. The van der Waals surface area contributed by atoms with E-state index in [9.17, 15) is 8.42 Å². The van der Waals surface area contributed by atoms with Crippen LogP contribution in [-0.4, -0.2) is 8.42 Å². The van der Waals surface area contributed by atoms with Crippen molar-refractivity contribution in [3.05, 3.63) is 40.6 Å². The highest BCUT2D eigenvalue weighted by molar-refractivity contribution is 7.89. The van der Waals surface area contributed by atoms with Crippen LogP contribution in [0.15, 0.2) is 39.9 Å². The van der Waals surface area contributed by atoms with E-state index < -0.39 is 10.0 Å². The zero-order chi connectivity index (χ0) is 14.0. The normalized spacial score (nSPS) is 13.2. The van der Waals surface area contributed by atoms with E-state index in [-0.39, 0.29) is 10.9 Å². The summed E-state index contributed by atoms with van der Waals surface area (Å²) >= 11 is 1.59. The molecule has 19 heavy (non-hydrogen) atoms. The Morgan fingerprint density at radius 2 is 2.05 bits per heavy atom. The summed E-state index contributed by atoms with van der Waals surface area (Å²) in [4.78, 5) is 0.00887. The third-order valence-electron chi connectivity index (χ3n) is 2.73. The van der Waals surface area contributed by atoms with Gasteiger partial charge in [-0.2, -0.15) is 11.3 Å². The minimum Gasteiger partial charge on any atom is -0.399 e. The van der Waals surface area contributed by atoms with Gasteiger partial charge in [0.25, 0.3) is 0 Å². The molecule has 5 nitrogen and oxygen atoms in total. The number of nitrogens with two attached hydrogens (primary N) is 2. The van der Waals surface area contributed by atoms with Gasteiger partial charge in [-0.1, -0.05) is 0 Å². The fourth-order valence-electron chi connectivity index (χ4n) is 1.73. The van der Waals surface area contributed by atoms with Crippen molar-refractivity contribution in [2.24, 2.45) is 5.14 Å². The summed E-state index contributed by atoms with van der Waals surface area (Å²) < 4.78 is 23.1. The van der Waals surface area contributed by atoms with Crippen LogP contribution in [0.3, 0.4) is 0 Å². The topological polar surface area (TPSA) is 98.2 Å². The Balaban J connectivity index is 2.35. The molecule has 2 aromatic rings. The number of hydrogen-bond donors (Lipinski definition) is 3. The molecule has 1 unspecified atom stereocenters. The number of benzene rings is 1. The van der Waals surface area contributed by atoms with Gasteiger partial charge in [0.05, 0.1) is 5.69 Å². The van der Waals surface area contributed by atoms with Crippen molar-refractivity contribution in [2.75, 3.05) is 11.1 Å². The molecule has 0 aliphatic rings. The molecule has 0 aliphatic heterocycles. The SMILES string of the molecule is CC(Nc1ccc(N)cc1S(N)(=O)=O)c1ccsc1. The number of thiophene rings is 1. The van der Waals surface area contributed by atoms with E-state index in [1.165, 1.54) is 6.07 Å². The molecule has 0 saturated carbocycles. The van der Waals surface area contributed by atoms with Crippen molar-refractivity contribution >= 4 is 32.7 Å². The quantitative estimate of drug-likeness (QED) is 0.753. The standard InChI is InChI=1S/C12H15N3O2S2/c1-8(9-4-5-18-7-9)15-11-3-2-10(13)6-12(11)19(14,16)17/h2-8,15H,13H2,1H3,(H2,14,16,17). The van der Waals surface area contributed by atoms with Crippen LogP contribution in [0.25, 0.3) is 0 Å². The Bertz CT molecular complexity index is 666. The largest absolute Gasteiger partial charge is 0.399 e. The summed E-state index contributed by atoms with van der Waals surface area (Å²) in [6.45, 7) is 1.95. The highest BCUT2D eigenvalue weighted by atomic mass is 32.2. The number of anilines is 2. The molecule has 2 rings (SSSR count). The highest BCUT2D eigenvalue weighted by Gasteiger charge is 2.16. The lowest BCUT2D eigenvalue weighted by Crippen LogP contribution is -2.16. The number of nitrogen functional groups attached to an aromatic ring is 1. The Labute approximate surface area is 116 Å². The summed E-state index contributed by atoms with van der Waals surface area (Å²) in [6, 6.07) is 6.58. The van der Waals surface area contributed by atoms with Gasteiger partial charge in [0.2, 0.25) is 10.0 Å². The van der Waals surface area contributed by atoms with Gasteiger partial charge in [-0.15, -0.1) is 0 Å². The molecule has 5 N–H and O–H groups in total. The van der Waals surface area contributed by atoms with Crippen LogP contribution in [0, 0.1) is 0 Å². The van der Waals surface area contributed by atoms with E-state index >= 15 is 0 Å². The van der Waals surface area contributed by atoms with E-state index in [0.717, 1.165) is 5.56 Å². The molecule has 0 fully saturated rings. The van der Waals surface area contributed by atoms with E-state index in [1.807, 2.05) is 23.8 Å². The average molecular weight is 297 g/mol. The molecule has 0 aliphatic carbocycles. The molecule has 0 radical (unpaired) electrons. The van der Waals surface area contributed by atoms with Gasteiger partial charge in [0, 0.05) is 11.7 Å². The zero-order valence-corrected chi connectivity index (χ0v) is 12.0. The predicted octanol–water partition coefficient (Wildman–Crippen LogP) is 2.15. The zero-order valence-electron chi connectivity index (χ0n) is 10.3. The first-order valence-electron chi connectivity index (χ1n) is 5.59. The first-order valence-corrected chi connectivity index (χ1v) is 8.08. The summed E-state index contributed by atoms with van der Waals surface area (Å²) in [5.41, 5.74) is 7.50. The second-order valence-electron chi connectivity index (χ2n) is 4.22. The highest BCUT2D eigenvalue weighted by Crippen LogP contribution is 2.27. The fourth-order valence-corrected chi connectivity index (χ4v) is 3.22. The Hall–Kier alpha value is -1.57. The molecule has 1 atom stereocenters. The molecule has 1 aromatic carbocycles. The molecule has 1 aromatic heterocycles. The second kappa shape index (κ2) is 5.20. The smallest absolute Gasteiger partial charge is 0.240 e. The van der Waals surface area contributed by atoms with Crippen molar-refractivity contribution < 1.29 is 8.42 Å². The van der Waals surface area contributed by atoms with Crippen LogP contribution >= 0.6 is 11.3 Å². The van der Waals surface area contributed by atoms with E-state index in [0.29, 0.717) is 11.4 Å². The maximum absolute atomic E-state index is 11.6. The summed E-state index contributed by atoms with van der Waals surface area (Å²) in [5.74, 6) is 0. The maximum Gasteiger partial charge on any atom is 0.240 e. The molecule has 0 amide bonds. The van der Waals surface area contributed by atoms with Crippen molar-refractivity contribution in [1.29, 1.82) is 0 Å². The van der Waals surface area contributed by atoms with Crippen LogP contribution < -0.4 is 16.2 Å². The Kier molecular flexibility index (Phi) is 3.79. The van der Waals surface area contributed by atoms with E-state index in [4.69, 9.17) is 10.9 Å². The maximum atomic E-state index is 11.6. The van der Waals surface area contributed by atoms with Crippen molar-refractivity contribution in [2.45, 2.75) is 17.9 Å². The van der Waals surface area contributed by atoms with Crippen LogP contribution in [0.2, 0.25) is 0 Å². The van der Waals surface area contributed by atoms with Gasteiger partial charge >= 0.3 is 0 Å². The Morgan fingerprint density at radius 3 is 2.63 bits per heavy atom. The van der Waals surface area contributed by atoms with Gasteiger partial charge in [0.15, 0.2) is 0 Å². The summed E-state index contributed by atoms with van der Waals surface area (Å²) in [7, 11) is -3.81. The third-order valence-corrected chi connectivity index (χ3v) is 4.38. The number of sulfonamides is 1. The predicted molar refractivity (Wildman–Crippen MR) is 78.6 cm³/mol. The molecule has 0 saturated heterocycles. The average Bonchev–Trinajstić information content (AvgIpc) is 2.83. The molecular formula is C12H15N3O2S2. The molecular weight excluding hydrogens is 282 g/mol. The first kappa shape index (κ1) is 13.9. The number of rotatable bonds is 4. The molecule has 102 valence electrons. The van der Waals surface area contributed by atoms with E-state index in [1.54, 1.807) is 23.5 Å². The number of hydrogen-bond acceptors (Lipinski definition) is 5. The fraction of sp³-hybridized carbons (Fsp3) is 0.167. The van der Waals surface area contributed by atoms with Crippen LogP contribution in [0.1, 0.15) is 18.5 Å². The lowest BCUT2D eigenvalue weighted by molar-refractivity contribution is 0.598. The molecule has 7 heteroatoms. The van der Waals surface area contributed by atoms with Gasteiger partial charge in [-0.05, 0) is 47.5 Å². The molecule has 1 heterocycles. The van der Waals surface area contributed by atoms with Gasteiger partial charge in [0.1, 0.15) is 4.90 Å². The first-order chi connectivity index (χ1) is 8.88. The van der Waals surface area contributed by atoms with Crippen molar-refractivity contribution in [3.63, 3.8) is 0 Å². The minimum absolute atomic E-state index is 0.00887. The van der Waals surface area contributed by atoms with Gasteiger partial charge in [-0.3, -0.25) is 0 Å². The summed E-state index contributed by atoms with van der Waals surface area (Å²) in [5, 5.41) is 12.3. The van der Waals surface area contributed by atoms with Crippen LogP contribution in [0.4, 0.5) is 11.4 Å². The number of primary sulfonamides is 1. The van der Waals surface area contributed by atoms with Crippen molar-refractivity contribution in [1.82, 2.24) is 0 Å². The lowest BCUT2D eigenvalue weighted by atomic mass is 10.1. The third kappa shape index (κ3) is 3.25. The molecule has 0 bridgehead atoms. The van der Waals surface area contributed by atoms with Crippen LogP contribution in [0.5, 0.6) is 0 Å². The Morgan fingerprint density at radius 1 is 1.32 bits per heavy atom. The summed E-state index contributed by atoms with van der Waals surface area (Å²) in [6.07, 6.45) is 0. The monoisotopic (exact) mass is 297 g/mol. The number of nitrogens with one attached hydrogen (secondary N) is 1. The van der Waals surface area contributed by atoms with Gasteiger partial charge < -0.3 is 11.1 Å².